The van der Waals surface area contributed by atoms with Crippen molar-refractivity contribution in [2.24, 2.45) is 0 Å². The molecule has 0 unspecified atom stereocenters. The Morgan fingerprint density at radius 1 is 0.967 bits per heavy atom. The summed E-state index contributed by atoms with van der Waals surface area (Å²) in [4.78, 5) is 26.2. The van der Waals surface area contributed by atoms with Gasteiger partial charge in [-0.15, -0.1) is 0 Å². The van der Waals surface area contributed by atoms with Gasteiger partial charge >= 0.3 is 0 Å². The molecule has 1 N–H and O–H groups in total. The molecule has 30 heavy (non-hydrogen) atoms. The van der Waals surface area contributed by atoms with Gasteiger partial charge in [0.1, 0.15) is 5.75 Å². The average Bonchev–Trinajstić information content (AvgIpc) is 2.79. The molecule has 4 aromatic rings. The Kier molecular flexibility index (Phi) is 5.48. The zero-order valence-electron chi connectivity index (χ0n) is 16.7. The van der Waals surface area contributed by atoms with E-state index in [1.54, 1.807) is 25.7 Å². The van der Waals surface area contributed by atoms with Gasteiger partial charge in [0, 0.05) is 35.4 Å². The first kappa shape index (κ1) is 19.3. The van der Waals surface area contributed by atoms with Gasteiger partial charge in [-0.3, -0.25) is 9.78 Å². The summed E-state index contributed by atoms with van der Waals surface area (Å²) in [5.74, 6) is 1.01. The number of aromatic nitrogens is 3. The van der Waals surface area contributed by atoms with E-state index < -0.39 is 0 Å². The zero-order chi connectivity index (χ0) is 20.9. The minimum atomic E-state index is -0.270. The Morgan fingerprint density at radius 3 is 2.43 bits per heavy atom. The molecule has 0 fully saturated rings. The second-order valence-electron chi connectivity index (χ2n) is 6.74. The number of nitrogens with one attached hydrogen (secondary N) is 1. The van der Waals surface area contributed by atoms with Crippen molar-refractivity contribution in [3.63, 3.8) is 0 Å². The molecule has 148 valence electrons. The summed E-state index contributed by atoms with van der Waals surface area (Å²) in [6.07, 6.45) is 4.91. The second-order valence-corrected chi connectivity index (χ2v) is 6.74. The molecule has 6 heteroatoms. The van der Waals surface area contributed by atoms with Gasteiger partial charge in [0.2, 0.25) is 0 Å². The first-order valence-corrected chi connectivity index (χ1v) is 9.44. The van der Waals surface area contributed by atoms with Crippen LogP contribution in [0, 0.1) is 6.92 Å². The summed E-state index contributed by atoms with van der Waals surface area (Å²) in [5, 5.41) is 2.93. The lowest BCUT2D eigenvalue weighted by atomic mass is 10.1. The maximum absolute atomic E-state index is 13.0. The van der Waals surface area contributed by atoms with Crippen molar-refractivity contribution in [3.8, 4) is 28.4 Å². The number of methoxy groups -OCH3 is 1. The lowest BCUT2D eigenvalue weighted by Crippen LogP contribution is -2.15. The Bertz CT molecular complexity index is 1180. The standard InChI is InChI=1S/C24H20N4O2/c1-16-4-3-5-19(14-16)27-24(29)21-15-26-23(18-6-8-20(30-2)9-7-18)28-22(21)17-10-12-25-13-11-17/h3-15H,1-2H3,(H,27,29). The van der Waals surface area contributed by atoms with Gasteiger partial charge in [0.15, 0.2) is 5.82 Å². The maximum Gasteiger partial charge on any atom is 0.259 e. The molecule has 0 atom stereocenters. The van der Waals surface area contributed by atoms with Crippen LogP contribution in [0.5, 0.6) is 5.75 Å². The van der Waals surface area contributed by atoms with Crippen LogP contribution in [0.3, 0.4) is 0 Å². The first-order chi connectivity index (χ1) is 14.6. The molecule has 2 heterocycles. The molecular formula is C24H20N4O2. The van der Waals surface area contributed by atoms with Crippen molar-refractivity contribution < 1.29 is 9.53 Å². The van der Waals surface area contributed by atoms with Gasteiger partial charge in [0.25, 0.3) is 5.91 Å². The van der Waals surface area contributed by atoms with Crippen LogP contribution in [-0.2, 0) is 0 Å². The largest absolute Gasteiger partial charge is 0.497 e. The van der Waals surface area contributed by atoms with E-state index in [0.29, 0.717) is 17.1 Å². The number of rotatable bonds is 5. The number of aryl methyl sites for hydroxylation is 1. The topological polar surface area (TPSA) is 77.0 Å². The van der Waals surface area contributed by atoms with E-state index in [1.165, 1.54) is 0 Å². The highest BCUT2D eigenvalue weighted by molar-refractivity contribution is 6.08. The highest BCUT2D eigenvalue weighted by atomic mass is 16.5. The van der Waals surface area contributed by atoms with E-state index in [9.17, 15) is 4.79 Å². The maximum atomic E-state index is 13.0. The van der Waals surface area contributed by atoms with Crippen molar-refractivity contribution in [2.45, 2.75) is 6.92 Å². The average molecular weight is 396 g/mol. The van der Waals surface area contributed by atoms with Crippen molar-refractivity contribution >= 4 is 11.6 Å². The van der Waals surface area contributed by atoms with Crippen molar-refractivity contribution in [2.75, 3.05) is 12.4 Å². The molecule has 1 amide bonds. The molecule has 2 aromatic heterocycles. The first-order valence-electron chi connectivity index (χ1n) is 9.44. The van der Waals surface area contributed by atoms with E-state index in [1.807, 2.05) is 67.6 Å². The van der Waals surface area contributed by atoms with Gasteiger partial charge in [-0.1, -0.05) is 12.1 Å². The third-order valence-corrected chi connectivity index (χ3v) is 4.61. The van der Waals surface area contributed by atoms with Gasteiger partial charge < -0.3 is 10.1 Å². The van der Waals surface area contributed by atoms with Crippen LogP contribution in [0.1, 0.15) is 15.9 Å². The number of hydrogen-bond acceptors (Lipinski definition) is 5. The minimum absolute atomic E-state index is 0.270. The fourth-order valence-electron chi connectivity index (χ4n) is 3.08. The molecule has 0 spiro atoms. The number of nitrogens with zero attached hydrogens (tertiary/aromatic N) is 3. The number of ether oxygens (including phenoxy) is 1. The molecule has 0 aliphatic carbocycles. The van der Waals surface area contributed by atoms with E-state index in [0.717, 1.165) is 28.1 Å². The normalized spacial score (nSPS) is 10.5. The van der Waals surface area contributed by atoms with Crippen LogP contribution in [0.15, 0.2) is 79.3 Å². The Morgan fingerprint density at radius 2 is 1.73 bits per heavy atom. The van der Waals surface area contributed by atoms with Crippen LogP contribution < -0.4 is 10.1 Å². The molecule has 0 saturated carbocycles. The van der Waals surface area contributed by atoms with Crippen molar-refractivity contribution in [1.29, 1.82) is 0 Å². The summed E-state index contributed by atoms with van der Waals surface area (Å²) < 4.78 is 5.21. The molecule has 0 bridgehead atoms. The van der Waals surface area contributed by atoms with Crippen LogP contribution >= 0.6 is 0 Å². The third-order valence-electron chi connectivity index (χ3n) is 4.61. The predicted molar refractivity (Wildman–Crippen MR) is 116 cm³/mol. The van der Waals surface area contributed by atoms with Crippen molar-refractivity contribution in [1.82, 2.24) is 15.0 Å². The smallest absolute Gasteiger partial charge is 0.259 e. The van der Waals surface area contributed by atoms with Crippen LogP contribution in [0.25, 0.3) is 22.6 Å². The Balaban J connectivity index is 1.75. The Hall–Kier alpha value is -4.06. The second kappa shape index (κ2) is 8.53. The summed E-state index contributed by atoms with van der Waals surface area (Å²) in [6.45, 7) is 1.98. The fourth-order valence-corrected chi connectivity index (χ4v) is 3.08. The SMILES string of the molecule is COc1ccc(-c2ncc(C(=O)Nc3cccc(C)c3)c(-c3ccncc3)n2)cc1. The number of hydrogen-bond donors (Lipinski definition) is 1. The van der Waals surface area contributed by atoms with Crippen LogP contribution in [0.4, 0.5) is 5.69 Å². The molecule has 4 rings (SSSR count). The number of carbonyl (C=O) groups excluding carboxylic acids is 1. The van der Waals surface area contributed by atoms with E-state index in [2.05, 4.69) is 15.3 Å². The zero-order valence-corrected chi connectivity index (χ0v) is 16.7. The lowest BCUT2D eigenvalue weighted by molar-refractivity contribution is 0.102. The quantitative estimate of drug-likeness (QED) is 0.526. The summed E-state index contributed by atoms with van der Waals surface area (Å²) in [7, 11) is 1.62. The van der Waals surface area contributed by atoms with Crippen LogP contribution in [-0.4, -0.2) is 28.0 Å². The number of benzene rings is 2. The predicted octanol–water partition coefficient (Wildman–Crippen LogP) is 4.77. The molecule has 2 aromatic carbocycles. The fraction of sp³-hybridized carbons (Fsp3) is 0.0833. The van der Waals surface area contributed by atoms with Gasteiger partial charge in [-0.2, -0.15) is 0 Å². The number of pyridine rings is 1. The molecular weight excluding hydrogens is 376 g/mol. The van der Waals surface area contributed by atoms with Gasteiger partial charge in [-0.05, 0) is 61.0 Å². The van der Waals surface area contributed by atoms with Crippen LogP contribution in [0.2, 0.25) is 0 Å². The summed E-state index contributed by atoms with van der Waals surface area (Å²) in [5.41, 5.74) is 4.34. The highest BCUT2D eigenvalue weighted by Gasteiger charge is 2.17. The summed E-state index contributed by atoms with van der Waals surface area (Å²) in [6, 6.07) is 18.8. The highest BCUT2D eigenvalue weighted by Crippen LogP contribution is 2.26. The van der Waals surface area contributed by atoms with E-state index >= 15 is 0 Å². The third kappa shape index (κ3) is 4.17. The van der Waals surface area contributed by atoms with E-state index in [4.69, 9.17) is 9.72 Å². The number of anilines is 1. The van der Waals surface area contributed by atoms with Crippen molar-refractivity contribution in [3.05, 3.63) is 90.4 Å². The molecule has 0 aliphatic rings. The lowest BCUT2D eigenvalue weighted by Gasteiger charge is -2.12. The van der Waals surface area contributed by atoms with Gasteiger partial charge in [-0.25, -0.2) is 9.97 Å². The van der Waals surface area contributed by atoms with Gasteiger partial charge in [0.05, 0.1) is 18.4 Å². The molecule has 0 saturated heterocycles. The number of carbonyl (C=O) groups is 1. The molecule has 0 radical (unpaired) electrons. The number of amides is 1. The molecule has 6 nitrogen and oxygen atoms in total. The van der Waals surface area contributed by atoms with E-state index in [-0.39, 0.29) is 5.91 Å². The summed E-state index contributed by atoms with van der Waals surface area (Å²) >= 11 is 0. The minimum Gasteiger partial charge on any atom is -0.497 e. The molecule has 0 aliphatic heterocycles. The Labute approximate surface area is 174 Å². The monoisotopic (exact) mass is 396 g/mol.